The van der Waals surface area contributed by atoms with Gasteiger partial charge in [0.25, 0.3) is 0 Å². The van der Waals surface area contributed by atoms with Crippen LogP contribution in [0.5, 0.6) is 0 Å². The van der Waals surface area contributed by atoms with Crippen LogP contribution in [0.1, 0.15) is 46.6 Å². The largest absolute Gasteiger partial charge is 0.481 e. The molecule has 0 amide bonds. The lowest BCUT2D eigenvalue weighted by molar-refractivity contribution is -0.167. The molecule has 23 heavy (non-hydrogen) atoms. The lowest BCUT2D eigenvalue weighted by Gasteiger charge is -2.28. The molecule has 2 atom stereocenters. The maximum Gasteiger partial charge on any atom is 0.310 e. The number of rotatable bonds is 7. The minimum atomic E-state index is -0.939. The molecule has 0 fully saturated rings. The minimum Gasteiger partial charge on any atom is -0.481 e. The molecule has 0 aromatic heterocycles. The van der Waals surface area contributed by atoms with Gasteiger partial charge in [-0.1, -0.05) is 44.2 Å². The number of carboxylic acid groups (broad SMARTS) is 1. The zero-order chi connectivity index (χ0) is 17.6. The number of carbonyl (C=O) groups excluding carboxylic acids is 1. The Bertz CT molecular complexity index is 514. The Morgan fingerprint density at radius 3 is 2.09 bits per heavy atom. The first-order chi connectivity index (χ1) is 10.6. The van der Waals surface area contributed by atoms with Crippen molar-refractivity contribution in [1.29, 1.82) is 0 Å². The molecule has 1 aromatic rings. The normalized spacial score (nSPS) is 14.3. The van der Waals surface area contributed by atoms with Crippen LogP contribution in [0.25, 0.3) is 0 Å². The zero-order valence-corrected chi connectivity index (χ0v) is 14.7. The Hall–Kier alpha value is -1.84. The summed E-state index contributed by atoms with van der Waals surface area (Å²) >= 11 is 0. The van der Waals surface area contributed by atoms with Crippen molar-refractivity contribution < 1.29 is 19.4 Å². The van der Waals surface area contributed by atoms with Gasteiger partial charge in [0.2, 0.25) is 0 Å². The van der Waals surface area contributed by atoms with Gasteiger partial charge in [-0.2, -0.15) is 0 Å². The lowest BCUT2D eigenvalue weighted by Crippen LogP contribution is -2.37. The Kier molecular flexibility index (Phi) is 6.79. The minimum absolute atomic E-state index is 0.191. The predicted octanol–water partition coefficient (Wildman–Crippen LogP) is 3.93. The Morgan fingerprint density at radius 2 is 1.65 bits per heavy atom. The van der Waals surface area contributed by atoms with Crippen molar-refractivity contribution in [2.45, 2.75) is 53.1 Å². The quantitative estimate of drug-likeness (QED) is 0.773. The number of ether oxygens (including phenoxy) is 1. The number of benzene rings is 1. The van der Waals surface area contributed by atoms with Gasteiger partial charge in [0.1, 0.15) is 5.60 Å². The van der Waals surface area contributed by atoms with Gasteiger partial charge in [0.05, 0.1) is 11.8 Å². The summed E-state index contributed by atoms with van der Waals surface area (Å²) in [5.41, 5.74) is 0.311. The van der Waals surface area contributed by atoms with E-state index in [0.717, 1.165) is 5.56 Å². The molecular weight excluding hydrogens is 292 g/mol. The highest BCUT2D eigenvalue weighted by atomic mass is 16.6. The van der Waals surface area contributed by atoms with E-state index in [4.69, 9.17) is 4.74 Å². The second-order valence-electron chi connectivity index (χ2n) is 7.40. The predicted molar refractivity (Wildman–Crippen MR) is 90.1 cm³/mol. The highest BCUT2D eigenvalue weighted by Crippen LogP contribution is 2.27. The van der Waals surface area contributed by atoms with Crippen molar-refractivity contribution >= 4 is 11.9 Å². The molecule has 128 valence electrons. The lowest BCUT2D eigenvalue weighted by atomic mass is 9.81. The fourth-order valence-corrected chi connectivity index (χ4v) is 2.58. The molecule has 2 unspecified atom stereocenters. The van der Waals surface area contributed by atoms with Crippen molar-refractivity contribution in [3.05, 3.63) is 35.9 Å². The van der Waals surface area contributed by atoms with Gasteiger partial charge in [0, 0.05) is 0 Å². The van der Waals surface area contributed by atoms with E-state index in [-0.39, 0.29) is 5.92 Å². The van der Waals surface area contributed by atoms with Gasteiger partial charge < -0.3 is 9.84 Å². The first kappa shape index (κ1) is 19.2. The van der Waals surface area contributed by atoms with Crippen molar-refractivity contribution in [3.63, 3.8) is 0 Å². The first-order valence-electron chi connectivity index (χ1n) is 8.09. The second kappa shape index (κ2) is 8.14. The summed E-state index contributed by atoms with van der Waals surface area (Å²) in [6.45, 7) is 9.31. The van der Waals surface area contributed by atoms with Crippen molar-refractivity contribution in [2.24, 2.45) is 17.8 Å². The summed E-state index contributed by atoms with van der Waals surface area (Å²) in [6.07, 6.45) is 0.825. The van der Waals surface area contributed by atoms with E-state index in [1.165, 1.54) is 0 Å². The van der Waals surface area contributed by atoms with Gasteiger partial charge in [-0.15, -0.1) is 0 Å². The van der Waals surface area contributed by atoms with Crippen LogP contribution in [0.3, 0.4) is 0 Å². The summed E-state index contributed by atoms with van der Waals surface area (Å²) in [5, 5.41) is 9.61. The molecule has 0 saturated heterocycles. The van der Waals surface area contributed by atoms with Crippen molar-refractivity contribution in [1.82, 2.24) is 0 Å². The fraction of sp³-hybridized carbons (Fsp3) is 0.579. The van der Waals surface area contributed by atoms with E-state index >= 15 is 0 Å². The zero-order valence-electron chi connectivity index (χ0n) is 14.7. The summed E-state index contributed by atoms with van der Waals surface area (Å²) in [4.78, 5) is 24.3. The number of hydrogen-bond donors (Lipinski definition) is 1. The van der Waals surface area contributed by atoms with Gasteiger partial charge in [-0.25, -0.2) is 0 Å². The molecule has 0 aliphatic carbocycles. The number of hydrogen-bond acceptors (Lipinski definition) is 3. The topological polar surface area (TPSA) is 63.6 Å². The SMILES string of the molecule is CC(C)CC(C(=O)O)C(Cc1ccccc1)C(=O)OC(C)(C)C. The van der Waals surface area contributed by atoms with E-state index < -0.39 is 29.4 Å². The van der Waals surface area contributed by atoms with Gasteiger partial charge in [0.15, 0.2) is 0 Å². The van der Waals surface area contributed by atoms with Crippen LogP contribution in [0, 0.1) is 17.8 Å². The summed E-state index contributed by atoms with van der Waals surface area (Å²) < 4.78 is 5.48. The first-order valence-corrected chi connectivity index (χ1v) is 8.09. The molecule has 0 spiro atoms. The smallest absolute Gasteiger partial charge is 0.310 e. The standard InChI is InChI=1S/C19H28O4/c1-13(2)11-15(17(20)21)16(18(22)23-19(3,4)5)12-14-9-7-6-8-10-14/h6-10,13,15-16H,11-12H2,1-5H3,(H,20,21). The summed E-state index contributed by atoms with van der Waals surface area (Å²) in [7, 11) is 0. The molecule has 0 bridgehead atoms. The Balaban J connectivity index is 3.07. The molecule has 4 nitrogen and oxygen atoms in total. The Morgan fingerprint density at radius 1 is 1.09 bits per heavy atom. The summed E-state index contributed by atoms with van der Waals surface area (Å²) in [6, 6.07) is 9.49. The number of carboxylic acids is 1. The van der Waals surface area contributed by atoms with Crippen LogP contribution >= 0.6 is 0 Å². The second-order valence-corrected chi connectivity index (χ2v) is 7.40. The number of esters is 1. The molecule has 1 N–H and O–H groups in total. The summed E-state index contributed by atoms with van der Waals surface area (Å²) in [5.74, 6) is -2.61. The third kappa shape index (κ3) is 6.85. The van der Waals surface area contributed by atoms with Crippen LogP contribution < -0.4 is 0 Å². The van der Waals surface area contributed by atoms with Crippen LogP contribution in [0.15, 0.2) is 30.3 Å². The van der Waals surface area contributed by atoms with Gasteiger partial charge in [-0.3, -0.25) is 9.59 Å². The van der Waals surface area contributed by atoms with Crippen LogP contribution in [-0.4, -0.2) is 22.6 Å². The van der Waals surface area contributed by atoms with E-state index in [2.05, 4.69) is 0 Å². The van der Waals surface area contributed by atoms with E-state index in [1.807, 2.05) is 44.2 Å². The van der Waals surface area contributed by atoms with Crippen LogP contribution in [0.4, 0.5) is 0 Å². The average molecular weight is 320 g/mol. The molecule has 0 aliphatic heterocycles. The molecule has 0 aliphatic rings. The van der Waals surface area contributed by atoms with E-state index in [1.54, 1.807) is 20.8 Å². The number of aliphatic carboxylic acids is 1. The van der Waals surface area contributed by atoms with Crippen LogP contribution in [0.2, 0.25) is 0 Å². The molecule has 0 radical (unpaired) electrons. The third-order valence-corrected chi connectivity index (χ3v) is 3.54. The molecule has 0 heterocycles. The highest BCUT2D eigenvalue weighted by molar-refractivity contribution is 5.81. The fourth-order valence-electron chi connectivity index (χ4n) is 2.58. The highest BCUT2D eigenvalue weighted by Gasteiger charge is 2.37. The molecular formula is C19H28O4. The third-order valence-electron chi connectivity index (χ3n) is 3.54. The molecule has 1 rings (SSSR count). The van der Waals surface area contributed by atoms with Crippen LogP contribution in [-0.2, 0) is 20.7 Å². The monoisotopic (exact) mass is 320 g/mol. The molecule has 1 aromatic carbocycles. The average Bonchev–Trinajstić information content (AvgIpc) is 2.41. The molecule has 4 heteroatoms. The van der Waals surface area contributed by atoms with Gasteiger partial charge in [-0.05, 0) is 45.1 Å². The van der Waals surface area contributed by atoms with E-state index in [9.17, 15) is 14.7 Å². The Labute approximate surface area is 138 Å². The van der Waals surface area contributed by atoms with Crippen molar-refractivity contribution in [2.75, 3.05) is 0 Å². The maximum absolute atomic E-state index is 12.6. The number of carbonyl (C=O) groups is 2. The van der Waals surface area contributed by atoms with Gasteiger partial charge >= 0.3 is 11.9 Å². The van der Waals surface area contributed by atoms with E-state index in [0.29, 0.717) is 12.8 Å². The van der Waals surface area contributed by atoms with Crippen molar-refractivity contribution in [3.8, 4) is 0 Å². The maximum atomic E-state index is 12.6. The molecule has 0 saturated carbocycles.